The largest absolute Gasteiger partial charge is 0.492 e. The Bertz CT molecular complexity index is 651. The summed E-state index contributed by atoms with van der Waals surface area (Å²) in [5, 5.41) is 14.3. The van der Waals surface area contributed by atoms with E-state index in [9.17, 15) is 9.90 Å². The molecule has 4 rings (SSSR count). The molecule has 1 aliphatic heterocycles. The first-order valence-corrected chi connectivity index (χ1v) is 11.3. The highest BCUT2D eigenvalue weighted by molar-refractivity contribution is 7.16. The summed E-state index contributed by atoms with van der Waals surface area (Å²) in [5.74, 6) is 0.743. The molecule has 2 aliphatic carbocycles. The zero-order chi connectivity index (χ0) is 18.7. The molecule has 3 aliphatic rings. The molecular formula is C20H31N3O3S. The van der Waals surface area contributed by atoms with Gasteiger partial charge in [0.15, 0.2) is 5.13 Å². The number of hydrogen-bond donors (Lipinski definition) is 2. The molecule has 2 N–H and O–H groups in total. The molecule has 150 valence electrons. The van der Waals surface area contributed by atoms with E-state index in [1.165, 1.54) is 49.9 Å². The van der Waals surface area contributed by atoms with Crippen LogP contribution in [0.3, 0.4) is 0 Å². The van der Waals surface area contributed by atoms with Crippen molar-refractivity contribution >= 4 is 22.4 Å². The number of carbonyl (C=O) groups is 1. The van der Waals surface area contributed by atoms with Crippen LogP contribution in [0.25, 0.3) is 0 Å². The number of aromatic hydroxyl groups is 1. The fraction of sp³-hybridized carbons (Fsp3) is 0.800. The molecule has 2 heterocycles. The lowest BCUT2D eigenvalue weighted by molar-refractivity contribution is -0.154. The average Bonchev–Trinajstić information content (AvgIpc) is 3.25. The van der Waals surface area contributed by atoms with Gasteiger partial charge in [-0.2, -0.15) is 4.98 Å². The quantitative estimate of drug-likeness (QED) is 0.793. The van der Waals surface area contributed by atoms with Gasteiger partial charge in [0, 0.05) is 13.1 Å². The molecule has 1 spiro atoms. The lowest BCUT2D eigenvalue weighted by Crippen LogP contribution is -2.49. The van der Waals surface area contributed by atoms with E-state index in [1.54, 1.807) is 0 Å². The van der Waals surface area contributed by atoms with Crippen LogP contribution in [0, 0.1) is 5.92 Å². The number of nitrogens with zero attached hydrogens (tertiary/aromatic N) is 2. The van der Waals surface area contributed by atoms with Crippen molar-refractivity contribution in [3.8, 4) is 5.88 Å². The van der Waals surface area contributed by atoms with Crippen molar-refractivity contribution in [1.82, 2.24) is 9.88 Å². The van der Waals surface area contributed by atoms with Gasteiger partial charge in [-0.15, -0.1) is 0 Å². The third kappa shape index (κ3) is 4.24. The Balaban J connectivity index is 1.36. The standard InChI is InChI=1S/C20H31N3O3S/c24-17(23-11-12-26-20(23)9-5-2-6-10-20)13-16-18(25)22-19(27-16)21-14-15-7-3-1-4-8-15/h15,25H,1-14H2,(H,21,22). The lowest BCUT2D eigenvalue weighted by Gasteiger charge is -2.40. The van der Waals surface area contributed by atoms with E-state index in [0.717, 1.165) is 37.4 Å². The highest BCUT2D eigenvalue weighted by Gasteiger charge is 2.45. The van der Waals surface area contributed by atoms with Gasteiger partial charge in [-0.05, 0) is 44.4 Å². The Morgan fingerprint density at radius 3 is 2.74 bits per heavy atom. The van der Waals surface area contributed by atoms with Gasteiger partial charge in [0.2, 0.25) is 11.8 Å². The van der Waals surface area contributed by atoms with Gasteiger partial charge in [0.25, 0.3) is 0 Å². The van der Waals surface area contributed by atoms with Crippen molar-refractivity contribution in [2.24, 2.45) is 5.92 Å². The van der Waals surface area contributed by atoms with Crippen LogP contribution in [-0.4, -0.2) is 46.3 Å². The van der Waals surface area contributed by atoms with Gasteiger partial charge in [-0.3, -0.25) is 4.79 Å². The molecule has 3 fully saturated rings. The predicted octanol–water partition coefficient (Wildman–Crippen LogP) is 3.90. The van der Waals surface area contributed by atoms with Crippen LogP contribution in [0.2, 0.25) is 0 Å². The molecule has 6 nitrogen and oxygen atoms in total. The summed E-state index contributed by atoms with van der Waals surface area (Å²) in [6.45, 7) is 2.18. The first-order chi connectivity index (χ1) is 13.2. The van der Waals surface area contributed by atoms with Gasteiger partial charge in [0.1, 0.15) is 5.72 Å². The minimum absolute atomic E-state index is 0.00250. The van der Waals surface area contributed by atoms with Crippen molar-refractivity contribution in [3.63, 3.8) is 0 Å². The van der Waals surface area contributed by atoms with E-state index in [2.05, 4.69) is 10.3 Å². The van der Waals surface area contributed by atoms with Crippen molar-refractivity contribution in [1.29, 1.82) is 0 Å². The number of anilines is 1. The summed E-state index contributed by atoms with van der Waals surface area (Å²) in [7, 11) is 0. The van der Waals surface area contributed by atoms with Crippen LogP contribution in [-0.2, 0) is 16.0 Å². The zero-order valence-corrected chi connectivity index (χ0v) is 16.9. The number of nitrogens with one attached hydrogen (secondary N) is 1. The second kappa shape index (κ2) is 8.35. The summed E-state index contributed by atoms with van der Waals surface area (Å²) in [6.07, 6.45) is 12.0. The minimum atomic E-state index is -0.391. The first-order valence-electron chi connectivity index (χ1n) is 10.5. The number of amides is 1. The maximum absolute atomic E-state index is 12.9. The number of aromatic nitrogens is 1. The van der Waals surface area contributed by atoms with Gasteiger partial charge < -0.3 is 20.1 Å². The Hall–Kier alpha value is -1.34. The molecular weight excluding hydrogens is 362 g/mol. The Morgan fingerprint density at radius 2 is 1.96 bits per heavy atom. The molecule has 0 unspecified atom stereocenters. The Morgan fingerprint density at radius 1 is 1.22 bits per heavy atom. The monoisotopic (exact) mass is 393 g/mol. The Labute approximate surface area is 165 Å². The summed E-state index contributed by atoms with van der Waals surface area (Å²) >= 11 is 1.41. The van der Waals surface area contributed by atoms with Gasteiger partial charge in [-0.25, -0.2) is 0 Å². The van der Waals surface area contributed by atoms with Crippen LogP contribution in [0.1, 0.15) is 69.1 Å². The van der Waals surface area contributed by atoms with Crippen molar-refractivity contribution in [3.05, 3.63) is 4.88 Å². The molecule has 1 saturated heterocycles. The van der Waals surface area contributed by atoms with Gasteiger partial charge >= 0.3 is 0 Å². The fourth-order valence-corrected chi connectivity index (χ4v) is 5.72. The van der Waals surface area contributed by atoms with Crippen LogP contribution in [0.5, 0.6) is 5.88 Å². The first kappa shape index (κ1) is 19.0. The average molecular weight is 394 g/mol. The van der Waals surface area contributed by atoms with Crippen molar-refractivity contribution in [2.45, 2.75) is 76.4 Å². The molecule has 1 aromatic heterocycles. The summed E-state index contributed by atoms with van der Waals surface area (Å²) in [6, 6.07) is 0. The maximum Gasteiger partial charge on any atom is 0.230 e. The maximum atomic E-state index is 12.9. The van der Waals surface area contributed by atoms with Crippen LogP contribution in [0.15, 0.2) is 0 Å². The van der Waals surface area contributed by atoms with Gasteiger partial charge in [0.05, 0.1) is 17.9 Å². The lowest BCUT2D eigenvalue weighted by atomic mass is 9.89. The van der Waals surface area contributed by atoms with Crippen LogP contribution in [0.4, 0.5) is 5.13 Å². The predicted molar refractivity (Wildman–Crippen MR) is 106 cm³/mol. The zero-order valence-electron chi connectivity index (χ0n) is 16.0. The molecule has 0 bridgehead atoms. The fourth-order valence-electron chi connectivity index (χ4n) is 4.87. The highest BCUT2D eigenvalue weighted by atomic mass is 32.1. The van der Waals surface area contributed by atoms with Crippen LogP contribution < -0.4 is 5.32 Å². The molecule has 0 radical (unpaired) electrons. The second-order valence-corrected chi connectivity index (χ2v) is 9.31. The number of hydrogen-bond acceptors (Lipinski definition) is 6. The van der Waals surface area contributed by atoms with E-state index in [1.807, 2.05) is 4.90 Å². The normalized spacial score (nSPS) is 23.0. The molecule has 7 heteroatoms. The van der Waals surface area contributed by atoms with E-state index < -0.39 is 5.72 Å². The third-order valence-corrected chi connectivity index (χ3v) is 7.37. The molecule has 1 aromatic rings. The topological polar surface area (TPSA) is 74.7 Å². The van der Waals surface area contributed by atoms with E-state index in [0.29, 0.717) is 23.9 Å². The van der Waals surface area contributed by atoms with E-state index in [4.69, 9.17) is 4.74 Å². The molecule has 2 saturated carbocycles. The SMILES string of the molecule is O=C(Cc1sc(NCC2CCCCC2)nc1O)N1CCOC12CCCCC2. The van der Waals surface area contributed by atoms with Crippen molar-refractivity contribution < 1.29 is 14.6 Å². The van der Waals surface area contributed by atoms with E-state index >= 15 is 0 Å². The smallest absolute Gasteiger partial charge is 0.230 e. The molecule has 1 amide bonds. The highest BCUT2D eigenvalue weighted by Crippen LogP contribution is 2.39. The number of ether oxygens (including phenoxy) is 1. The number of thiazole rings is 1. The molecule has 27 heavy (non-hydrogen) atoms. The summed E-state index contributed by atoms with van der Waals surface area (Å²) in [4.78, 5) is 19.8. The van der Waals surface area contributed by atoms with Crippen molar-refractivity contribution in [2.75, 3.05) is 25.0 Å². The number of carbonyl (C=O) groups excluding carboxylic acids is 1. The number of rotatable bonds is 5. The van der Waals surface area contributed by atoms with Gasteiger partial charge in [-0.1, -0.05) is 37.0 Å². The molecule has 0 atom stereocenters. The second-order valence-electron chi connectivity index (χ2n) is 8.23. The molecule has 0 aromatic carbocycles. The minimum Gasteiger partial charge on any atom is -0.492 e. The Kier molecular flexibility index (Phi) is 5.88. The summed E-state index contributed by atoms with van der Waals surface area (Å²) in [5.41, 5.74) is -0.391. The summed E-state index contributed by atoms with van der Waals surface area (Å²) < 4.78 is 6.01. The van der Waals surface area contributed by atoms with Crippen LogP contribution >= 0.6 is 11.3 Å². The third-order valence-electron chi connectivity index (χ3n) is 6.37. The van der Waals surface area contributed by atoms with E-state index in [-0.39, 0.29) is 18.2 Å².